The summed E-state index contributed by atoms with van der Waals surface area (Å²) in [5.74, 6) is -0.386. The maximum Gasteiger partial charge on any atom is 0.282 e. The molecule has 0 aromatic heterocycles. The maximum atomic E-state index is 12.0. The van der Waals surface area contributed by atoms with Crippen LogP contribution in [0.1, 0.15) is 16.8 Å². The summed E-state index contributed by atoms with van der Waals surface area (Å²) in [7, 11) is 0. The predicted molar refractivity (Wildman–Crippen MR) is 79.4 cm³/mol. The largest absolute Gasteiger partial charge is 0.352 e. The Kier molecular flexibility index (Phi) is 5.65. The Hall–Kier alpha value is -1.99. The van der Waals surface area contributed by atoms with E-state index in [-0.39, 0.29) is 17.2 Å². The third kappa shape index (κ3) is 4.51. The van der Waals surface area contributed by atoms with Crippen LogP contribution in [-0.4, -0.2) is 55.0 Å². The lowest BCUT2D eigenvalue weighted by Gasteiger charge is -2.27. The average Bonchev–Trinajstić information content (AvgIpc) is 2.52. The first-order valence-electron chi connectivity index (χ1n) is 7.13. The van der Waals surface area contributed by atoms with E-state index in [4.69, 9.17) is 0 Å². The van der Waals surface area contributed by atoms with Gasteiger partial charge >= 0.3 is 0 Å². The van der Waals surface area contributed by atoms with Crippen LogP contribution in [0.25, 0.3) is 0 Å². The van der Waals surface area contributed by atoms with Gasteiger partial charge in [-0.1, -0.05) is 12.1 Å². The van der Waals surface area contributed by atoms with E-state index < -0.39 is 4.92 Å². The van der Waals surface area contributed by atoms with Crippen LogP contribution in [0.3, 0.4) is 0 Å². The molecule has 1 aromatic rings. The molecule has 0 unspecified atom stereocenters. The zero-order valence-electron chi connectivity index (χ0n) is 11.9. The first-order chi connectivity index (χ1) is 10.2. The fourth-order valence-electron chi connectivity index (χ4n) is 2.36. The zero-order valence-corrected chi connectivity index (χ0v) is 11.9. The van der Waals surface area contributed by atoms with Crippen molar-refractivity contribution in [3.63, 3.8) is 0 Å². The minimum absolute atomic E-state index is 0.115. The van der Waals surface area contributed by atoms with Crippen LogP contribution in [0.2, 0.25) is 0 Å². The van der Waals surface area contributed by atoms with E-state index in [0.29, 0.717) is 6.54 Å². The van der Waals surface area contributed by atoms with Crippen molar-refractivity contribution in [1.29, 1.82) is 0 Å². The highest BCUT2D eigenvalue weighted by atomic mass is 16.6. The minimum atomic E-state index is -0.532. The smallest absolute Gasteiger partial charge is 0.282 e. The Morgan fingerprint density at radius 2 is 2.05 bits per heavy atom. The summed E-state index contributed by atoms with van der Waals surface area (Å²) in [5.41, 5.74) is -0.0400. The van der Waals surface area contributed by atoms with Gasteiger partial charge in [0.25, 0.3) is 11.6 Å². The first-order valence-corrected chi connectivity index (χ1v) is 7.13. The SMILES string of the molecule is O=C(NCCCN1CCNCC1)c1ccccc1[N+](=O)[O-]. The lowest BCUT2D eigenvalue weighted by molar-refractivity contribution is -0.385. The summed E-state index contributed by atoms with van der Waals surface area (Å²) in [5, 5.41) is 16.9. The highest BCUT2D eigenvalue weighted by Crippen LogP contribution is 2.17. The molecule has 1 amide bonds. The first kappa shape index (κ1) is 15.4. The molecular formula is C14H20N4O3. The quantitative estimate of drug-likeness (QED) is 0.456. The van der Waals surface area contributed by atoms with Crippen molar-refractivity contribution in [1.82, 2.24) is 15.5 Å². The van der Waals surface area contributed by atoms with Gasteiger partial charge in [-0.15, -0.1) is 0 Å². The van der Waals surface area contributed by atoms with Crippen LogP contribution < -0.4 is 10.6 Å². The average molecular weight is 292 g/mol. The van der Waals surface area contributed by atoms with Crippen molar-refractivity contribution in [3.05, 3.63) is 39.9 Å². The fourth-order valence-corrected chi connectivity index (χ4v) is 2.36. The van der Waals surface area contributed by atoms with Gasteiger partial charge < -0.3 is 15.5 Å². The number of nitro benzene ring substituents is 1. The molecule has 0 saturated carbocycles. The van der Waals surface area contributed by atoms with Crippen molar-refractivity contribution >= 4 is 11.6 Å². The van der Waals surface area contributed by atoms with E-state index in [2.05, 4.69) is 15.5 Å². The Labute approximate surface area is 123 Å². The molecule has 114 valence electrons. The summed E-state index contributed by atoms with van der Waals surface area (Å²) >= 11 is 0. The summed E-state index contributed by atoms with van der Waals surface area (Å²) in [6, 6.07) is 6.00. The Morgan fingerprint density at radius 1 is 1.33 bits per heavy atom. The topological polar surface area (TPSA) is 87.5 Å². The van der Waals surface area contributed by atoms with Crippen molar-refractivity contribution in [2.24, 2.45) is 0 Å². The Balaban J connectivity index is 1.78. The second kappa shape index (κ2) is 7.70. The number of nitrogens with one attached hydrogen (secondary N) is 2. The molecule has 0 spiro atoms. The van der Waals surface area contributed by atoms with Crippen molar-refractivity contribution < 1.29 is 9.72 Å². The molecular weight excluding hydrogens is 272 g/mol. The molecule has 7 heteroatoms. The number of benzene rings is 1. The number of carbonyl (C=O) groups excluding carboxylic acids is 1. The van der Waals surface area contributed by atoms with Gasteiger partial charge in [-0.25, -0.2) is 0 Å². The van der Waals surface area contributed by atoms with Gasteiger partial charge in [0.15, 0.2) is 0 Å². The van der Waals surface area contributed by atoms with E-state index in [1.165, 1.54) is 12.1 Å². The zero-order chi connectivity index (χ0) is 15.1. The van der Waals surface area contributed by atoms with Crippen LogP contribution >= 0.6 is 0 Å². The van der Waals surface area contributed by atoms with Gasteiger partial charge in [-0.05, 0) is 19.0 Å². The molecule has 1 aliphatic rings. The third-order valence-electron chi connectivity index (χ3n) is 3.49. The molecule has 0 bridgehead atoms. The van der Waals surface area contributed by atoms with Gasteiger partial charge in [-0.3, -0.25) is 14.9 Å². The molecule has 1 fully saturated rings. The van der Waals surface area contributed by atoms with E-state index in [9.17, 15) is 14.9 Å². The second-order valence-electron chi connectivity index (χ2n) is 4.98. The fraction of sp³-hybridized carbons (Fsp3) is 0.500. The second-order valence-corrected chi connectivity index (χ2v) is 4.98. The van der Waals surface area contributed by atoms with E-state index in [0.717, 1.165) is 39.1 Å². The number of hydrogen-bond acceptors (Lipinski definition) is 5. The van der Waals surface area contributed by atoms with E-state index in [1.807, 2.05) is 0 Å². The molecule has 7 nitrogen and oxygen atoms in total. The highest BCUT2D eigenvalue weighted by molar-refractivity contribution is 5.98. The Morgan fingerprint density at radius 3 is 2.76 bits per heavy atom. The van der Waals surface area contributed by atoms with Crippen LogP contribution in [0.5, 0.6) is 0 Å². The monoisotopic (exact) mass is 292 g/mol. The minimum Gasteiger partial charge on any atom is -0.352 e. The number of amides is 1. The molecule has 0 aliphatic carbocycles. The van der Waals surface area contributed by atoms with Crippen molar-refractivity contribution in [2.45, 2.75) is 6.42 Å². The van der Waals surface area contributed by atoms with Gasteiger partial charge in [-0.2, -0.15) is 0 Å². The number of piperazine rings is 1. The molecule has 0 radical (unpaired) electrons. The summed E-state index contributed by atoms with van der Waals surface area (Å²) in [6.07, 6.45) is 0.840. The summed E-state index contributed by atoms with van der Waals surface area (Å²) in [6.45, 7) is 5.51. The number of para-hydroxylation sites is 1. The number of carbonyl (C=O) groups is 1. The van der Waals surface area contributed by atoms with Gasteiger partial charge in [0, 0.05) is 38.8 Å². The predicted octanol–water partition coefficient (Wildman–Crippen LogP) is 0.620. The van der Waals surface area contributed by atoms with Gasteiger partial charge in [0.1, 0.15) is 5.56 Å². The number of rotatable bonds is 6. The number of hydrogen-bond donors (Lipinski definition) is 2. The number of nitrogens with zero attached hydrogens (tertiary/aromatic N) is 2. The Bertz CT molecular complexity index is 501. The summed E-state index contributed by atoms with van der Waals surface area (Å²) in [4.78, 5) is 24.7. The van der Waals surface area contributed by atoms with Crippen molar-refractivity contribution in [2.75, 3.05) is 39.3 Å². The molecule has 21 heavy (non-hydrogen) atoms. The van der Waals surface area contributed by atoms with E-state index >= 15 is 0 Å². The normalized spacial score (nSPS) is 15.6. The van der Waals surface area contributed by atoms with Crippen LogP contribution in [0.15, 0.2) is 24.3 Å². The van der Waals surface area contributed by atoms with Crippen LogP contribution in [0, 0.1) is 10.1 Å². The number of nitro groups is 1. The lowest BCUT2D eigenvalue weighted by Crippen LogP contribution is -2.44. The molecule has 2 N–H and O–H groups in total. The standard InChI is InChI=1S/C14H20N4O3/c19-14(12-4-1-2-5-13(12)18(20)21)16-6-3-9-17-10-7-15-8-11-17/h1-2,4-5,15H,3,6-11H2,(H,16,19). The molecule has 1 saturated heterocycles. The molecule has 2 rings (SSSR count). The van der Waals surface area contributed by atoms with Crippen LogP contribution in [0.4, 0.5) is 5.69 Å². The van der Waals surface area contributed by atoms with Gasteiger partial charge in [0.05, 0.1) is 4.92 Å². The maximum absolute atomic E-state index is 12.0. The molecule has 0 atom stereocenters. The molecule has 1 heterocycles. The molecule has 1 aromatic carbocycles. The lowest BCUT2D eigenvalue weighted by atomic mass is 10.1. The van der Waals surface area contributed by atoms with Crippen molar-refractivity contribution in [3.8, 4) is 0 Å². The molecule has 1 aliphatic heterocycles. The third-order valence-corrected chi connectivity index (χ3v) is 3.49. The van der Waals surface area contributed by atoms with Gasteiger partial charge in [0.2, 0.25) is 0 Å². The van der Waals surface area contributed by atoms with E-state index in [1.54, 1.807) is 12.1 Å². The van der Waals surface area contributed by atoms with Crippen LogP contribution in [-0.2, 0) is 0 Å². The summed E-state index contributed by atoms with van der Waals surface area (Å²) < 4.78 is 0. The highest BCUT2D eigenvalue weighted by Gasteiger charge is 2.18.